The third-order valence-corrected chi connectivity index (χ3v) is 25.6. The molecule has 8 aromatic rings. The molecule has 0 spiro atoms. The highest BCUT2D eigenvalue weighted by atomic mass is 31.3. The van der Waals surface area contributed by atoms with Crippen LogP contribution in [0.4, 0.5) is 0 Å². The van der Waals surface area contributed by atoms with Gasteiger partial charge in [-0.15, -0.1) is 0 Å². The van der Waals surface area contributed by atoms with Crippen molar-refractivity contribution in [1.82, 2.24) is 0 Å². The molecule has 0 saturated carbocycles. The third kappa shape index (κ3) is 13.0. The maximum absolute atomic E-state index is 15.8. The summed E-state index contributed by atoms with van der Waals surface area (Å²) in [4.78, 5) is 0. The van der Waals surface area contributed by atoms with E-state index in [2.05, 4.69) is 0 Å². The number of hydrogen-bond acceptors (Lipinski definition) is 7. The van der Waals surface area contributed by atoms with Crippen molar-refractivity contribution >= 4 is 54.7 Å². The van der Waals surface area contributed by atoms with Crippen molar-refractivity contribution in [2.75, 3.05) is 0 Å². The Kier molecular flexibility index (Phi) is 16.7. The lowest BCUT2D eigenvalue weighted by Crippen LogP contribution is -2.20. The van der Waals surface area contributed by atoms with E-state index in [0.29, 0.717) is 0 Å². The lowest BCUT2D eigenvalue weighted by atomic mass is 10.0. The van der Waals surface area contributed by atoms with Crippen LogP contribution >= 0.6 is 15.6 Å². The van der Waals surface area contributed by atoms with Crippen molar-refractivity contribution < 1.29 is 30.3 Å². The third-order valence-electron chi connectivity index (χ3n) is 11.4. The van der Waals surface area contributed by atoms with Gasteiger partial charge in [-0.1, -0.05) is 243 Å². The first-order valence-corrected chi connectivity index (χ1v) is 30.3. The summed E-state index contributed by atoms with van der Waals surface area (Å²) in [5.41, 5.74) is 7.23. The molecule has 8 rings (SSSR count). The molecule has 0 aliphatic rings. The average Bonchev–Trinajstić information content (AvgIpc) is 3.37. The van der Waals surface area contributed by atoms with Gasteiger partial charge in [-0.05, 0) is 44.5 Å². The van der Waals surface area contributed by atoms with E-state index in [1.807, 2.05) is 243 Å². The lowest BCUT2D eigenvalue weighted by molar-refractivity contribution is 0.250. The van der Waals surface area contributed by atoms with E-state index in [0.717, 1.165) is 44.5 Å². The van der Waals surface area contributed by atoms with Gasteiger partial charge < -0.3 is 16.9 Å². The quantitative estimate of drug-likeness (QED) is 0.0494. The zero-order chi connectivity index (χ0) is 44.6. The topological polar surface area (TPSA) is 80.3 Å². The lowest BCUT2D eigenvalue weighted by Gasteiger charge is -2.29. The molecule has 0 aromatic heterocycles. The highest BCUT2D eigenvalue weighted by Gasteiger charge is 2.42. The number of benzene rings is 8. The van der Waals surface area contributed by atoms with E-state index in [1.54, 1.807) is 0 Å². The average molecular weight is 963 g/mol. The summed E-state index contributed by atoms with van der Waals surface area (Å²) < 4.78 is 64.8. The molecule has 0 atom stereocenters. The summed E-state index contributed by atoms with van der Waals surface area (Å²) in [6, 6.07) is 80.3. The van der Waals surface area contributed by atoms with Gasteiger partial charge >= 0.3 is 15.6 Å². The molecular weight excluding hydrogens is 911 g/mol. The monoisotopic (exact) mass is 962 g/mol. The van der Waals surface area contributed by atoms with Gasteiger partial charge in [-0.2, -0.15) is 4.31 Å². The summed E-state index contributed by atoms with van der Waals surface area (Å²) >= 11 is 0. The zero-order valence-corrected chi connectivity index (χ0v) is 43.4. The van der Waals surface area contributed by atoms with Crippen LogP contribution in [0.5, 0.6) is 0 Å². The van der Waals surface area contributed by atoms with Crippen molar-refractivity contribution in [3.05, 3.63) is 287 Å². The molecule has 7 nitrogen and oxygen atoms in total. The molecule has 0 saturated heterocycles. The van der Waals surface area contributed by atoms with Gasteiger partial charge in [0, 0.05) is 22.2 Å². The van der Waals surface area contributed by atoms with Gasteiger partial charge in [0.05, 0.1) is 0 Å². The van der Waals surface area contributed by atoms with Crippen LogP contribution < -0.4 is 0 Å². The van der Waals surface area contributed by atoms with Crippen LogP contribution in [0.15, 0.2) is 243 Å². The van der Waals surface area contributed by atoms with Crippen molar-refractivity contribution in [3.63, 3.8) is 0 Å². The van der Waals surface area contributed by atoms with Crippen molar-refractivity contribution in [1.29, 1.82) is 0 Å². The summed E-state index contributed by atoms with van der Waals surface area (Å²) in [6.07, 6.45) is 0. The van der Waals surface area contributed by atoms with Crippen LogP contribution in [0, 0.1) is 0 Å². The Balaban J connectivity index is 1.18. The summed E-state index contributed by atoms with van der Waals surface area (Å²) in [5.74, 6) is 0. The minimum Gasteiger partial charge on any atom is -0.337 e. The molecule has 65 heavy (non-hydrogen) atoms. The van der Waals surface area contributed by atoms with Crippen LogP contribution in [0.2, 0.25) is 0 Å². The van der Waals surface area contributed by atoms with E-state index in [-0.39, 0.29) is 22.2 Å². The molecule has 0 fully saturated rings. The standard InChI is InChI=1S/C52H52O7P2Si4/c53-60(56-62-49(41-25-9-1-10-26-41)42-27-11-2-12-28-42,57-63-50(43-29-13-3-14-30-43)44-31-15-4-16-32-44)55-61(54,58-64-51(45-33-17-5-18-34-45)46-35-19-6-20-36-46)59-65-52(47-37-21-7-22-38-47)48-39-23-8-24-40-48/h1-40,49-52H,62-65H2. The van der Waals surface area contributed by atoms with E-state index in [4.69, 9.17) is 21.2 Å². The smallest absolute Gasteiger partial charge is 0.337 e. The highest BCUT2D eigenvalue weighted by Crippen LogP contribution is 2.66. The van der Waals surface area contributed by atoms with E-state index in [1.165, 1.54) is 0 Å². The van der Waals surface area contributed by atoms with Crippen molar-refractivity contribution in [2.24, 2.45) is 0 Å². The second-order valence-electron chi connectivity index (χ2n) is 15.7. The van der Waals surface area contributed by atoms with E-state index in [9.17, 15) is 0 Å². The van der Waals surface area contributed by atoms with Crippen LogP contribution in [0.25, 0.3) is 0 Å². The molecule has 0 aliphatic heterocycles. The number of rotatable bonds is 22. The fraction of sp³-hybridized carbons (Fsp3) is 0.0769. The summed E-state index contributed by atoms with van der Waals surface area (Å²) in [5, 5.41) is 0. The predicted molar refractivity (Wildman–Crippen MR) is 274 cm³/mol. The SMILES string of the molecule is O=P(O[SiH2]C(c1ccccc1)c1ccccc1)(O[SiH2]C(c1ccccc1)c1ccccc1)OP(=O)(O[SiH2]C(c1ccccc1)c1ccccc1)O[SiH2]C(c1ccccc1)c1ccccc1. The van der Waals surface area contributed by atoms with E-state index < -0.39 is 54.7 Å². The normalized spacial score (nSPS) is 14.2. The molecule has 0 radical (unpaired) electrons. The largest absolute Gasteiger partial charge is 0.462 e. The summed E-state index contributed by atoms with van der Waals surface area (Å²) in [7, 11) is -16.7. The first kappa shape index (κ1) is 46.4. The molecule has 0 unspecified atom stereocenters. The number of hydrogen-bond donors (Lipinski definition) is 0. The Morgan fingerprint density at radius 3 is 0.523 bits per heavy atom. The molecular formula is C52H52O7P2Si4. The fourth-order valence-electron chi connectivity index (χ4n) is 7.98. The van der Waals surface area contributed by atoms with Gasteiger partial charge in [0.2, 0.25) is 0 Å². The minimum absolute atomic E-state index is 0.218. The Morgan fingerprint density at radius 2 is 0.385 bits per heavy atom. The van der Waals surface area contributed by atoms with Crippen LogP contribution in [-0.4, -0.2) is 39.1 Å². The maximum Gasteiger partial charge on any atom is 0.462 e. The minimum atomic E-state index is -4.68. The molecule has 8 aromatic carbocycles. The van der Waals surface area contributed by atoms with Gasteiger partial charge in [-0.3, -0.25) is 0 Å². The molecule has 0 aliphatic carbocycles. The summed E-state index contributed by atoms with van der Waals surface area (Å²) in [6.45, 7) is 0. The maximum atomic E-state index is 15.8. The Morgan fingerprint density at radius 1 is 0.246 bits per heavy atom. The molecule has 13 heteroatoms. The van der Waals surface area contributed by atoms with Crippen molar-refractivity contribution in [3.8, 4) is 0 Å². The van der Waals surface area contributed by atoms with Crippen LogP contribution in [0.3, 0.4) is 0 Å². The van der Waals surface area contributed by atoms with Crippen molar-refractivity contribution in [2.45, 2.75) is 22.2 Å². The molecule has 328 valence electrons. The first-order chi connectivity index (χ1) is 32.0. The second-order valence-corrected chi connectivity index (χ2v) is 26.8. The van der Waals surface area contributed by atoms with E-state index >= 15 is 9.13 Å². The Hall–Kier alpha value is -5.11. The second kappa shape index (κ2) is 23.4. The highest BCUT2D eigenvalue weighted by molar-refractivity contribution is 7.64. The van der Waals surface area contributed by atoms with Gasteiger partial charge in [0.1, 0.15) is 0 Å². The molecule has 0 bridgehead atoms. The van der Waals surface area contributed by atoms with Gasteiger partial charge in [0.15, 0.2) is 39.1 Å². The predicted octanol–water partition coefficient (Wildman–Crippen LogP) is 10.8. The zero-order valence-electron chi connectivity index (χ0n) is 36.0. The van der Waals surface area contributed by atoms with Crippen LogP contribution in [-0.2, 0) is 30.3 Å². The molecule has 0 heterocycles. The van der Waals surface area contributed by atoms with Crippen LogP contribution in [0.1, 0.15) is 66.7 Å². The van der Waals surface area contributed by atoms with Gasteiger partial charge in [-0.25, -0.2) is 9.13 Å². The Labute approximate surface area is 392 Å². The Bertz CT molecular complexity index is 2190. The molecule has 0 N–H and O–H groups in total. The fourth-order valence-corrected chi connectivity index (χ4v) is 22.4. The number of phosphoric acid groups is 2. The molecule has 0 amide bonds. The van der Waals surface area contributed by atoms with Gasteiger partial charge in [0.25, 0.3) is 0 Å². The first-order valence-electron chi connectivity index (χ1n) is 21.8.